The third kappa shape index (κ3) is 3760. The Labute approximate surface area is 112 Å². The normalized spacial score (nSPS) is 2.15. The molecule has 0 aliphatic rings. The maximum atomic E-state index is 7.13. The van der Waals surface area contributed by atoms with Gasteiger partial charge in [0.25, 0.3) is 0 Å². The van der Waals surface area contributed by atoms with E-state index < -0.39 is 0 Å². The Hall–Kier alpha value is -0.524. The SMILES string of the molecule is N#C[S-].N#C[S-].N#C[S-].N#C[S-].[Os+4]. The molecule has 68 valence electrons. The molecule has 0 spiro atoms. The number of thiocyanates is 4. The summed E-state index contributed by atoms with van der Waals surface area (Å²) in [6, 6.07) is 0. The first-order chi connectivity index (χ1) is 5.66. The van der Waals surface area contributed by atoms with Crippen molar-refractivity contribution in [3.8, 4) is 21.6 Å². The van der Waals surface area contributed by atoms with Crippen LogP contribution in [0.25, 0.3) is 0 Å². The van der Waals surface area contributed by atoms with Crippen LogP contribution >= 0.6 is 0 Å². The van der Waals surface area contributed by atoms with Crippen LogP contribution in [0.4, 0.5) is 0 Å². The van der Waals surface area contributed by atoms with Crippen LogP contribution < -0.4 is 0 Å². The van der Waals surface area contributed by atoms with Gasteiger partial charge in [0.15, 0.2) is 0 Å². The van der Waals surface area contributed by atoms with E-state index in [1.165, 1.54) is 21.6 Å². The molecule has 0 saturated heterocycles. The zero-order valence-corrected chi connectivity index (χ0v) is 11.6. The van der Waals surface area contributed by atoms with E-state index in [0.29, 0.717) is 0 Å². The molecule has 0 unspecified atom stereocenters. The Morgan fingerprint density at radius 2 is 0.538 bits per heavy atom. The molecule has 0 heterocycles. The van der Waals surface area contributed by atoms with Gasteiger partial charge in [-0.1, -0.05) is 21.6 Å². The maximum absolute atomic E-state index is 7.13. The summed E-state index contributed by atoms with van der Waals surface area (Å²) < 4.78 is 0. The van der Waals surface area contributed by atoms with Crippen LogP contribution in [0.1, 0.15) is 0 Å². The Bertz CT molecular complexity index is 158. The largest absolute Gasteiger partial charge is 4.00 e. The van der Waals surface area contributed by atoms with E-state index in [2.05, 4.69) is 50.5 Å². The van der Waals surface area contributed by atoms with Crippen LogP contribution in [-0.2, 0) is 70.3 Å². The second-order valence-corrected chi connectivity index (χ2v) is 1.10. The van der Waals surface area contributed by atoms with Crippen LogP contribution in [0.2, 0.25) is 0 Å². The number of hydrogen-bond acceptors (Lipinski definition) is 8. The fourth-order valence-electron chi connectivity index (χ4n) is 0. The minimum atomic E-state index is 0. The fraction of sp³-hybridized carbons (Fsp3) is 0. The topological polar surface area (TPSA) is 95.2 Å². The first-order valence-corrected chi connectivity index (χ1v) is 3.34. The zero-order valence-electron chi connectivity index (χ0n) is 5.78. The van der Waals surface area contributed by atoms with Crippen molar-refractivity contribution in [2.75, 3.05) is 0 Å². The molecular weight excluding hydrogens is 423 g/mol. The van der Waals surface area contributed by atoms with E-state index in [-0.39, 0.29) is 19.8 Å². The fourth-order valence-corrected chi connectivity index (χ4v) is 0. The molecule has 4 nitrogen and oxygen atoms in total. The maximum Gasteiger partial charge on any atom is 4.00 e. The van der Waals surface area contributed by atoms with Crippen molar-refractivity contribution >= 4 is 50.5 Å². The second-order valence-electron chi connectivity index (χ2n) is 0.365. The van der Waals surface area contributed by atoms with Gasteiger partial charge in [-0.2, -0.15) is 0 Å². The van der Waals surface area contributed by atoms with E-state index >= 15 is 0 Å². The summed E-state index contributed by atoms with van der Waals surface area (Å²) in [6.07, 6.45) is 0. The van der Waals surface area contributed by atoms with E-state index in [1.807, 2.05) is 0 Å². The first kappa shape index (κ1) is 29.4. The molecular formula is C4N4OsS4. The minimum absolute atomic E-state index is 0. The second kappa shape index (κ2) is 104. The number of nitriles is 4. The Morgan fingerprint density at radius 1 is 0.538 bits per heavy atom. The summed E-state index contributed by atoms with van der Waals surface area (Å²) in [4.78, 5) is 0. The van der Waals surface area contributed by atoms with Gasteiger partial charge in [0.2, 0.25) is 0 Å². The molecule has 0 rings (SSSR count). The van der Waals surface area contributed by atoms with Crippen molar-refractivity contribution in [1.29, 1.82) is 21.0 Å². The van der Waals surface area contributed by atoms with Gasteiger partial charge in [0, 0.05) is 0 Å². The van der Waals surface area contributed by atoms with Crippen LogP contribution in [-0.4, -0.2) is 0 Å². The molecule has 0 saturated carbocycles. The van der Waals surface area contributed by atoms with Crippen molar-refractivity contribution in [2.45, 2.75) is 0 Å². The van der Waals surface area contributed by atoms with Gasteiger partial charge in [-0.05, 0) is 0 Å². The molecule has 13 heavy (non-hydrogen) atoms. The molecule has 0 N–H and O–H groups in total. The summed E-state index contributed by atoms with van der Waals surface area (Å²) in [5.41, 5.74) is 0. The van der Waals surface area contributed by atoms with Gasteiger partial charge >= 0.3 is 19.8 Å². The standard InChI is InChI=1S/4CHNS.Os/c4*2-1-3;/h4*3H;/q;;;;+4/p-4. The van der Waals surface area contributed by atoms with Crippen molar-refractivity contribution in [3.05, 3.63) is 0 Å². The molecule has 0 aromatic rings. The summed E-state index contributed by atoms with van der Waals surface area (Å²) in [5, 5.41) is 33.9. The summed E-state index contributed by atoms with van der Waals surface area (Å²) in [7, 11) is 0. The van der Waals surface area contributed by atoms with Crippen molar-refractivity contribution < 1.29 is 19.8 Å². The van der Waals surface area contributed by atoms with Crippen LogP contribution in [0, 0.1) is 42.7 Å². The summed E-state index contributed by atoms with van der Waals surface area (Å²) in [5.74, 6) is 0. The molecule has 0 aliphatic heterocycles. The van der Waals surface area contributed by atoms with Gasteiger partial charge in [-0.3, -0.25) is 0 Å². The smallest absolute Gasteiger partial charge is 0.696 e. The minimum Gasteiger partial charge on any atom is -0.696 e. The van der Waals surface area contributed by atoms with Gasteiger partial charge in [0.1, 0.15) is 0 Å². The third-order valence-corrected chi connectivity index (χ3v) is 0. The van der Waals surface area contributed by atoms with Gasteiger partial charge in [0.05, 0.1) is 0 Å². The molecule has 0 aliphatic carbocycles. The molecule has 0 atom stereocenters. The van der Waals surface area contributed by atoms with Crippen LogP contribution in [0.3, 0.4) is 0 Å². The third-order valence-electron chi connectivity index (χ3n) is 0. The van der Waals surface area contributed by atoms with Gasteiger partial charge < -0.3 is 50.5 Å². The molecule has 0 radical (unpaired) electrons. The average Bonchev–Trinajstić information content (AvgIpc) is 1.92. The van der Waals surface area contributed by atoms with Gasteiger partial charge in [-0.15, -0.1) is 0 Å². The van der Waals surface area contributed by atoms with E-state index in [0.717, 1.165) is 0 Å². The molecule has 0 aromatic carbocycles. The van der Waals surface area contributed by atoms with E-state index in [4.69, 9.17) is 21.0 Å². The molecule has 9 heteroatoms. The first-order valence-electron chi connectivity index (χ1n) is 1.71. The average molecular weight is 423 g/mol. The Morgan fingerprint density at radius 3 is 0.538 bits per heavy atom. The number of rotatable bonds is 0. The van der Waals surface area contributed by atoms with Crippen molar-refractivity contribution in [3.63, 3.8) is 0 Å². The predicted molar refractivity (Wildman–Crippen MR) is 51.9 cm³/mol. The van der Waals surface area contributed by atoms with Crippen molar-refractivity contribution in [2.24, 2.45) is 0 Å². The van der Waals surface area contributed by atoms with Gasteiger partial charge in [-0.25, -0.2) is 21.0 Å². The number of hydrogen-bond donors (Lipinski definition) is 0. The summed E-state index contributed by atoms with van der Waals surface area (Å²) in [6.45, 7) is 0. The molecule has 0 bridgehead atoms. The molecule has 0 amide bonds. The Kier molecular flexibility index (Phi) is 236. The molecule has 0 aromatic heterocycles. The molecule has 0 fully saturated rings. The summed E-state index contributed by atoms with van der Waals surface area (Å²) >= 11 is 14.8. The van der Waals surface area contributed by atoms with E-state index in [9.17, 15) is 0 Å². The zero-order chi connectivity index (χ0) is 10.8. The monoisotopic (exact) mass is 424 g/mol. The van der Waals surface area contributed by atoms with E-state index in [1.54, 1.807) is 0 Å². The quantitative estimate of drug-likeness (QED) is 0.399. The van der Waals surface area contributed by atoms with Crippen molar-refractivity contribution in [1.82, 2.24) is 0 Å². The number of nitrogens with zero attached hydrogens (tertiary/aromatic N) is 4. The predicted octanol–water partition coefficient (Wildman–Crippen LogP) is 0.0550. The van der Waals surface area contributed by atoms with Crippen LogP contribution in [0.15, 0.2) is 0 Å². The van der Waals surface area contributed by atoms with Crippen LogP contribution in [0.5, 0.6) is 0 Å². The Balaban J connectivity index is -0.0000000213.